The minimum Gasteiger partial charge on any atom is -0.469 e. The van der Waals surface area contributed by atoms with E-state index in [1.54, 1.807) is 0 Å². The first-order valence-electron chi connectivity index (χ1n) is 16.2. The molecule has 4 aliphatic rings. The number of rotatable bonds is 9. The molecule has 0 N–H and O–H groups in total. The molecule has 0 amide bonds. The molecule has 4 nitrogen and oxygen atoms in total. The summed E-state index contributed by atoms with van der Waals surface area (Å²) in [5.74, 6) is 2.49. The number of hydrogen-bond donors (Lipinski definition) is 0. The molecule has 3 fully saturated rings. The SMILES string of the molecule is COC(=O)CC[C@@H](C)[C@H]1CC[C@H]2[C@@H]3C(=O)C=C4CC(O[Si](C(C)C)(C(C)C)C(C)C)CC[C@]4(C)[C@H]3CC[C@]12C. The fourth-order valence-corrected chi connectivity index (χ4v) is 16.4. The van der Waals surface area contributed by atoms with Gasteiger partial charge in [0.25, 0.3) is 0 Å². The molecule has 5 heteroatoms. The van der Waals surface area contributed by atoms with Crippen LogP contribution >= 0.6 is 0 Å². The number of allylic oxidation sites excluding steroid dienone is 1. The minimum absolute atomic E-state index is 0.104. The number of ether oxygens (including phenoxy) is 1. The van der Waals surface area contributed by atoms with Crippen molar-refractivity contribution < 1.29 is 18.8 Å². The molecule has 0 aromatic heterocycles. The zero-order valence-corrected chi connectivity index (χ0v) is 27.8. The highest BCUT2D eigenvalue weighted by molar-refractivity contribution is 6.77. The van der Waals surface area contributed by atoms with Crippen molar-refractivity contribution in [2.45, 2.75) is 143 Å². The van der Waals surface area contributed by atoms with Gasteiger partial charge in [-0.3, -0.25) is 9.59 Å². The molecule has 1 unspecified atom stereocenters. The summed E-state index contributed by atoms with van der Waals surface area (Å²) in [6.45, 7) is 21.5. The molecule has 0 aromatic rings. The molecular formula is C34H58O4Si. The van der Waals surface area contributed by atoms with Crippen LogP contribution in [0.5, 0.6) is 0 Å². The fourth-order valence-electron chi connectivity index (χ4n) is 10.8. The van der Waals surface area contributed by atoms with E-state index in [1.807, 2.05) is 0 Å². The van der Waals surface area contributed by atoms with Gasteiger partial charge in [0.1, 0.15) is 0 Å². The van der Waals surface area contributed by atoms with Crippen LogP contribution in [0.1, 0.15) is 120 Å². The van der Waals surface area contributed by atoms with E-state index < -0.39 is 8.32 Å². The number of ketones is 1. The van der Waals surface area contributed by atoms with Crippen molar-refractivity contribution in [3.63, 3.8) is 0 Å². The van der Waals surface area contributed by atoms with Crippen molar-refractivity contribution in [2.75, 3.05) is 7.11 Å². The Kier molecular flexibility index (Phi) is 9.05. The third-order valence-corrected chi connectivity index (χ3v) is 18.9. The van der Waals surface area contributed by atoms with Crippen LogP contribution < -0.4 is 0 Å². The molecule has 0 radical (unpaired) electrons. The maximum atomic E-state index is 14.0. The van der Waals surface area contributed by atoms with E-state index in [0.717, 1.165) is 38.5 Å². The molecule has 39 heavy (non-hydrogen) atoms. The van der Waals surface area contributed by atoms with Crippen LogP contribution in [0.2, 0.25) is 16.6 Å². The Morgan fingerprint density at radius 3 is 2.18 bits per heavy atom. The number of methoxy groups -OCH3 is 1. The largest absolute Gasteiger partial charge is 0.469 e. The van der Waals surface area contributed by atoms with Crippen LogP contribution in [0.15, 0.2) is 11.6 Å². The highest BCUT2D eigenvalue weighted by Crippen LogP contribution is 2.67. The quantitative estimate of drug-likeness (QED) is 0.209. The van der Waals surface area contributed by atoms with Crippen molar-refractivity contribution in [3.8, 4) is 0 Å². The van der Waals surface area contributed by atoms with Crippen LogP contribution in [0, 0.1) is 40.4 Å². The number of carbonyl (C=O) groups excluding carboxylic acids is 2. The summed E-state index contributed by atoms with van der Waals surface area (Å²) in [6.07, 6.45) is 11.7. The van der Waals surface area contributed by atoms with Crippen LogP contribution in [0.25, 0.3) is 0 Å². The van der Waals surface area contributed by atoms with E-state index in [0.29, 0.717) is 52.5 Å². The first-order valence-corrected chi connectivity index (χ1v) is 18.4. The minimum atomic E-state index is -1.95. The van der Waals surface area contributed by atoms with Crippen molar-refractivity contribution in [2.24, 2.45) is 40.4 Å². The predicted octanol–water partition coefficient (Wildman–Crippen LogP) is 8.89. The monoisotopic (exact) mass is 558 g/mol. The van der Waals surface area contributed by atoms with E-state index in [2.05, 4.69) is 68.4 Å². The first kappa shape index (κ1) is 31.0. The van der Waals surface area contributed by atoms with Gasteiger partial charge in [0.05, 0.1) is 7.11 Å². The third kappa shape index (κ3) is 5.15. The summed E-state index contributed by atoms with van der Waals surface area (Å²) in [5.41, 5.74) is 3.47. The lowest BCUT2D eigenvalue weighted by molar-refractivity contribution is -0.141. The Morgan fingerprint density at radius 1 is 0.949 bits per heavy atom. The van der Waals surface area contributed by atoms with Gasteiger partial charge in [-0.15, -0.1) is 0 Å². The van der Waals surface area contributed by atoms with Gasteiger partial charge in [-0.25, -0.2) is 0 Å². The zero-order valence-electron chi connectivity index (χ0n) is 26.8. The van der Waals surface area contributed by atoms with Crippen LogP contribution in [-0.4, -0.2) is 33.3 Å². The predicted molar refractivity (Wildman–Crippen MR) is 162 cm³/mol. The van der Waals surface area contributed by atoms with Gasteiger partial charge in [-0.1, -0.05) is 67.9 Å². The fraction of sp³-hybridized carbons (Fsp3) is 0.882. The second kappa shape index (κ2) is 11.4. The van der Waals surface area contributed by atoms with Gasteiger partial charge < -0.3 is 9.16 Å². The van der Waals surface area contributed by atoms with Gasteiger partial charge in [-0.2, -0.15) is 0 Å². The topological polar surface area (TPSA) is 52.6 Å². The molecule has 4 rings (SSSR count). The number of esters is 1. The normalized spacial score (nSPS) is 37.4. The molecule has 0 aromatic carbocycles. The molecule has 0 saturated heterocycles. The van der Waals surface area contributed by atoms with E-state index in [4.69, 9.17) is 9.16 Å². The van der Waals surface area contributed by atoms with Crippen LogP contribution in [-0.2, 0) is 18.8 Å². The third-order valence-electron chi connectivity index (χ3n) is 12.8. The lowest BCUT2D eigenvalue weighted by atomic mass is 9.46. The van der Waals surface area contributed by atoms with Crippen LogP contribution in [0.4, 0.5) is 0 Å². The van der Waals surface area contributed by atoms with Crippen molar-refractivity contribution in [1.82, 2.24) is 0 Å². The highest BCUT2D eigenvalue weighted by atomic mass is 28.4. The molecule has 0 aliphatic heterocycles. The maximum absolute atomic E-state index is 14.0. The van der Waals surface area contributed by atoms with E-state index in [1.165, 1.54) is 25.5 Å². The van der Waals surface area contributed by atoms with Crippen molar-refractivity contribution >= 4 is 20.1 Å². The van der Waals surface area contributed by atoms with Gasteiger partial charge >= 0.3 is 5.97 Å². The summed E-state index contributed by atoms with van der Waals surface area (Å²) < 4.78 is 12.2. The smallest absolute Gasteiger partial charge is 0.305 e. The van der Waals surface area contributed by atoms with Gasteiger partial charge in [-0.05, 0) is 109 Å². The van der Waals surface area contributed by atoms with Crippen molar-refractivity contribution in [1.29, 1.82) is 0 Å². The Labute approximate surface area is 240 Å². The van der Waals surface area contributed by atoms with Gasteiger partial charge in [0, 0.05) is 18.4 Å². The molecule has 222 valence electrons. The number of fused-ring (bicyclic) bond motifs is 5. The zero-order chi connectivity index (χ0) is 28.9. The molecule has 3 saturated carbocycles. The number of hydrogen-bond acceptors (Lipinski definition) is 4. The first-order chi connectivity index (χ1) is 18.2. The van der Waals surface area contributed by atoms with Crippen molar-refractivity contribution in [3.05, 3.63) is 11.6 Å². The standard InChI is InChI=1S/C34H58O4Si/c1-21(2)39(22(3)4,23(5)6)38-26-15-17-33(8)25(19-26)20-30(35)32-28-13-12-27(24(7)11-14-31(36)37-10)34(28,9)18-16-29(32)33/h20-24,26-29,32H,11-19H2,1-10H3/t24-,26?,27-,28+,29+,32+,33+,34-/m1/s1. The summed E-state index contributed by atoms with van der Waals surface area (Å²) >= 11 is 0. The summed E-state index contributed by atoms with van der Waals surface area (Å²) in [7, 11) is -0.470. The van der Waals surface area contributed by atoms with Crippen LogP contribution in [0.3, 0.4) is 0 Å². The Hall–Kier alpha value is -0.943. The van der Waals surface area contributed by atoms with E-state index in [-0.39, 0.29) is 28.8 Å². The van der Waals surface area contributed by atoms with Gasteiger partial charge in [0.2, 0.25) is 8.32 Å². The maximum Gasteiger partial charge on any atom is 0.305 e. The van der Waals surface area contributed by atoms with E-state index >= 15 is 0 Å². The molecular weight excluding hydrogens is 500 g/mol. The molecule has 4 aliphatic carbocycles. The summed E-state index contributed by atoms with van der Waals surface area (Å²) in [5, 5.41) is 0. The lowest BCUT2D eigenvalue weighted by Gasteiger charge is -2.58. The second-order valence-electron chi connectivity index (χ2n) is 15.3. The number of carbonyl (C=O) groups is 2. The Balaban J connectivity index is 1.54. The summed E-state index contributed by atoms with van der Waals surface area (Å²) in [4.78, 5) is 25.8. The second-order valence-corrected chi connectivity index (χ2v) is 20.8. The Morgan fingerprint density at radius 2 is 1.59 bits per heavy atom. The molecule has 8 atom stereocenters. The van der Waals surface area contributed by atoms with Gasteiger partial charge in [0.15, 0.2) is 5.78 Å². The molecule has 0 spiro atoms. The average Bonchev–Trinajstić information content (AvgIpc) is 3.22. The Bertz CT molecular complexity index is 931. The average molecular weight is 559 g/mol. The highest BCUT2D eigenvalue weighted by Gasteiger charge is 2.61. The lowest BCUT2D eigenvalue weighted by Crippen LogP contribution is -2.55. The summed E-state index contributed by atoms with van der Waals surface area (Å²) in [6, 6.07) is 0. The molecule has 0 heterocycles. The van der Waals surface area contributed by atoms with E-state index in [9.17, 15) is 9.59 Å². The molecule has 0 bridgehead atoms.